The van der Waals surface area contributed by atoms with Crippen molar-refractivity contribution in [2.24, 2.45) is 5.92 Å². The highest BCUT2D eigenvalue weighted by Gasteiger charge is 2.26. The maximum Gasteiger partial charge on any atom is 0.241 e. The van der Waals surface area contributed by atoms with Crippen molar-refractivity contribution in [1.82, 2.24) is 14.6 Å². The first-order chi connectivity index (χ1) is 11.6. The fraction of sp³-hybridized carbons (Fsp3) is 0.667. The molecule has 24 heavy (non-hydrogen) atoms. The second-order valence-electron chi connectivity index (χ2n) is 7.53. The number of halogens is 1. The Kier molecular flexibility index (Phi) is 4.52. The molecule has 2 aromatic heterocycles. The second kappa shape index (κ2) is 6.64. The average Bonchev–Trinajstić information content (AvgIpc) is 3.31. The zero-order chi connectivity index (χ0) is 16.7. The first kappa shape index (κ1) is 16.3. The van der Waals surface area contributed by atoms with E-state index in [1.54, 1.807) is 0 Å². The van der Waals surface area contributed by atoms with Crippen molar-refractivity contribution < 1.29 is 5.11 Å². The number of hydrogen-bond donors (Lipinski definition) is 2. The highest BCUT2D eigenvalue weighted by atomic mass is 79.9. The number of nitrogens with one attached hydrogen (secondary N) is 1. The summed E-state index contributed by atoms with van der Waals surface area (Å²) in [5.41, 5.74) is 2.24. The standard InChI is InChI=1S/C18H25BrN4O/c1-11(8-12-2-3-12)21-18-20-10-17-15(19)9-16(23(17)22-18)13-4-6-14(24)7-5-13/h9-14,24H,2-8H2,1H3,(H,21,22)/t11-,13?,14?/m0/s1. The van der Waals surface area contributed by atoms with Gasteiger partial charge in [-0.25, -0.2) is 9.50 Å². The molecule has 0 aliphatic heterocycles. The summed E-state index contributed by atoms with van der Waals surface area (Å²) in [6, 6.07) is 2.58. The summed E-state index contributed by atoms with van der Waals surface area (Å²) >= 11 is 3.64. The third-order valence-electron chi connectivity index (χ3n) is 5.37. The molecule has 0 radical (unpaired) electrons. The zero-order valence-corrected chi connectivity index (χ0v) is 15.7. The average molecular weight is 393 g/mol. The van der Waals surface area contributed by atoms with Crippen molar-refractivity contribution >= 4 is 27.4 Å². The predicted octanol–water partition coefficient (Wildman–Crippen LogP) is 4.11. The molecule has 0 aromatic carbocycles. The predicted molar refractivity (Wildman–Crippen MR) is 98.3 cm³/mol. The van der Waals surface area contributed by atoms with Crippen molar-refractivity contribution in [1.29, 1.82) is 0 Å². The van der Waals surface area contributed by atoms with Gasteiger partial charge in [-0.2, -0.15) is 0 Å². The van der Waals surface area contributed by atoms with Crippen LogP contribution in [0.3, 0.4) is 0 Å². The fourth-order valence-corrected chi connectivity index (χ4v) is 4.34. The second-order valence-corrected chi connectivity index (χ2v) is 8.38. The lowest BCUT2D eigenvalue weighted by Gasteiger charge is -2.25. The number of fused-ring (bicyclic) bond motifs is 1. The van der Waals surface area contributed by atoms with E-state index in [4.69, 9.17) is 5.10 Å². The van der Waals surface area contributed by atoms with E-state index in [0.29, 0.717) is 17.9 Å². The number of nitrogens with zero attached hydrogens (tertiary/aromatic N) is 3. The summed E-state index contributed by atoms with van der Waals surface area (Å²) in [6.07, 6.45) is 9.49. The van der Waals surface area contributed by atoms with Gasteiger partial charge >= 0.3 is 0 Å². The lowest BCUT2D eigenvalue weighted by Crippen LogP contribution is -2.20. The maximum absolute atomic E-state index is 9.76. The van der Waals surface area contributed by atoms with Crippen LogP contribution in [0.2, 0.25) is 0 Å². The van der Waals surface area contributed by atoms with Gasteiger partial charge < -0.3 is 10.4 Å². The molecular formula is C18H25BrN4O. The van der Waals surface area contributed by atoms with Crippen LogP contribution in [-0.4, -0.2) is 31.9 Å². The van der Waals surface area contributed by atoms with E-state index >= 15 is 0 Å². The van der Waals surface area contributed by atoms with Crippen LogP contribution in [0, 0.1) is 5.92 Å². The highest BCUT2D eigenvalue weighted by Crippen LogP contribution is 2.36. The van der Waals surface area contributed by atoms with Crippen molar-refractivity contribution in [2.75, 3.05) is 5.32 Å². The smallest absolute Gasteiger partial charge is 0.241 e. The fourth-order valence-electron chi connectivity index (χ4n) is 3.84. The molecule has 0 spiro atoms. The van der Waals surface area contributed by atoms with E-state index in [1.165, 1.54) is 25.0 Å². The van der Waals surface area contributed by atoms with E-state index in [2.05, 4.69) is 39.2 Å². The van der Waals surface area contributed by atoms with Crippen LogP contribution in [0.1, 0.15) is 63.5 Å². The normalized spacial score (nSPS) is 25.8. The molecule has 2 fully saturated rings. The largest absolute Gasteiger partial charge is 0.393 e. The Morgan fingerprint density at radius 2 is 2.04 bits per heavy atom. The van der Waals surface area contributed by atoms with Crippen molar-refractivity contribution in [3.05, 3.63) is 22.4 Å². The van der Waals surface area contributed by atoms with E-state index in [0.717, 1.165) is 41.6 Å². The van der Waals surface area contributed by atoms with Crippen LogP contribution in [0.15, 0.2) is 16.7 Å². The van der Waals surface area contributed by atoms with Gasteiger partial charge in [-0.3, -0.25) is 0 Å². The molecule has 4 rings (SSSR count). The number of aromatic nitrogens is 3. The lowest BCUT2D eigenvalue weighted by atomic mass is 9.85. The number of rotatable bonds is 5. The van der Waals surface area contributed by atoms with Crippen LogP contribution in [0.5, 0.6) is 0 Å². The highest BCUT2D eigenvalue weighted by molar-refractivity contribution is 9.10. The quantitative estimate of drug-likeness (QED) is 0.803. The molecule has 0 amide bonds. The molecule has 2 saturated carbocycles. The number of aliphatic hydroxyl groups is 1. The SMILES string of the molecule is C[C@@H](CC1CC1)Nc1ncc2c(Br)cc(C3CCC(O)CC3)n2n1. The monoisotopic (exact) mass is 392 g/mol. The molecule has 2 aliphatic carbocycles. The minimum absolute atomic E-state index is 0.133. The topological polar surface area (TPSA) is 62.5 Å². The molecule has 130 valence electrons. The number of aliphatic hydroxyl groups excluding tert-OH is 1. The zero-order valence-electron chi connectivity index (χ0n) is 14.1. The molecule has 5 nitrogen and oxygen atoms in total. The van der Waals surface area contributed by atoms with Crippen molar-refractivity contribution in [2.45, 2.75) is 69.9 Å². The molecule has 2 aromatic rings. The van der Waals surface area contributed by atoms with E-state index in [1.807, 2.05) is 10.7 Å². The lowest BCUT2D eigenvalue weighted by molar-refractivity contribution is 0.121. The van der Waals surface area contributed by atoms with E-state index in [9.17, 15) is 5.11 Å². The van der Waals surface area contributed by atoms with Gasteiger partial charge in [0.25, 0.3) is 0 Å². The van der Waals surface area contributed by atoms with E-state index < -0.39 is 0 Å². The summed E-state index contributed by atoms with van der Waals surface area (Å²) < 4.78 is 3.08. The summed E-state index contributed by atoms with van der Waals surface area (Å²) in [6.45, 7) is 2.21. The van der Waals surface area contributed by atoms with Gasteiger partial charge in [-0.05, 0) is 66.9 Å². The molecule has 1 atom stereocenters. The Bertz CT molecular complexity index is 719. The molecule has 0 saturated heterocycles. The van der Waals surface area contributed by atoms with Crippen LogP contribution < -0.4 is 5.32 Å². The van der Waals surface area contributed by atoms with Gasteiger partial charge in [-0.15, -0.1) is 5.10 Å². The van der Waals surface area contributed by atoms with Crippen LogP contribution in [-0.2, 0) is 0 Å². The van der Waals surface area contributed by atoms with Crippen LogP contribution in [0.4, 0.5) is 5.95 Å². The van der Waals surface area contributed by atoms with Gasteiger partial charge in [-0.1, -0.05) is 12.8 Å². The molecule has 0 bridgehead atoms. The van der Waals surface area contributed by atoms with Crippen molar-refractivity contribution in [3.63, 3.8) is 0 Å². The third-order valence-corrected chi connectivity index (χ3v) is 6.01. The van der Waals surface area contributed by atoms with Gasteiger partial charge in [0.15, 0.2) is 0 Å². The molecule has 2 heterocycles. The molecule has 2 aliphatic rings. The molecule has 2 N–H and O–H groups in total. The minimum atomic E-state index is -0.133. The summed E-state index contributed by atoms with van der Waals surface area (Å²) in [5.74, 6) is 2.05. The van der Waals surface area contributed by atoms with Gasteiger partial charge in [0.2, 0.25) is 5.95 Å². The minimum Gasteiger partial charge on any atom is -0.393 e. The Labute approximate surface area is 151 Å². The Balaban J connectivity index is 1.58. The summed E-state index contributed by atoms with van der Waals surface area (Å²) in [5, 5.41) is 18.0. The first-order valence-corrected chi connectivity index (χ1v) is 9.88. The summed E-state index contributed by atoms with van der Waals surface area (Å²) in [7, 11) is 0. The number of hydrogen-bond acceptors (Lipinski definition) is 4. The van der Waals surface area contributed by atoms with Gasteiger partial charge in [0.05, 0.1) is 17.8 Å². The molecule has 0 unspecified atom stereocenters. The van der Waals surface area contributed by atoms with E-state index in [-0.39, 0.29) is 6.10 Å². The number of anilines is 1. The molecular weight excluding hydrogens is 368 g/mol. The Hall–Kier alpha value is -1.14. The maximum atomic E-state index is 9.76. The summed E-state index contributed by atoms with van der Waals surface area (Å²) in [4.78, 5) is 4.49. The van der Waals surface area contributed by atoms with Crippen LogP contribution in [0.25, 0.3) is 5.52 Å². The van der Waals surface area contributed by atoms with Crippen molar-refractivity contribution in [3.8, 4) is 0 Å². The first-order valence-electron chi connectivity index (χ1n) is 9.09. The molecule has 6 heteroatoms. The van der Waals surface area contributed by atoms with Gasteiger partial charge in [0.1, 0.15) is 0 Å². The Morgan fingerprint density at radius 1 is 1.29 bits per heavy atom. The third kappa shape index (κ3) is 3.45. The Morgan fingerprint density at radius 3 is 2.75 bits per heavy atom. The van der Waals surface area contributed by atoms with Gasteiger partial charge in [0, 0.05) is 22.1 Å². The van der Waals surface area contributed by atoms with Crippen LogP contribution >= 0.6 is 15.9 Å².